The zero-order valence-corrected chi connectivity index (χ0v) is 10.9. The van der Waals surface area contributed by atoms with Crippen molar-refractivity contribution in [3.8, 4) is 0 Å². The molecule has 88 valence electrons. The Bertz CT molecular complexity index is 394. The molecule has 1 N–H and O–H groups in total. The molecule has 0 bridgehead atoms. The first kappa shape index (κ1) is 12.1. The molecule has 0 aliphatic heterocycles. The molecule has 1 saturated carbocycles. The van der Waals surface area contributed by atoms with Crippen LogP contribution in [0.25, 0.3) is 0 Å². The second-order valence-corrected chi connectivity index (χ2v) is 5.58. The van der Waals surface area contributed by atoms with Gasteiger partial charge in [-0.1, -0.05) is 25.5 Å². The van der Waals surface area contributed by atoms with E-state index in [0.29, 0.717) is 16.8 Å². The van der Waals surface area contributed by atoms with Crippen molar-refractivity contribution < 1.29 is 9.50 Å². The molecule has 0 radical (unpaired) electrons. The molecule has 1 aromatic carbocycles. The van der Waals surface area contributed by atoms with Gasteiger partial charge in [0.2, 0.25) is 0 Å². The maximum absolute atomic E-state index is 13.3. The predicted molar refractivity (Wildman–Crippen MR) is 65.8 cm³/mol. The topological polar surface area (TPSA) is 20.2 Å². The smallest absolute Gasteiger partial charge is 0.137 e. The van der Waals surface area contributed by atoms with Crippen LogP contribution in [0, 0.1) is 11.7 Å². The van der Waals surface area contributed by atoms with Crippen LogP contribution in [0.2, 0.25) is 0 Å². The molecular formula is C13H16BrFO. The van der Waals surface area contributed by atoms with E-state index < -0.39 is 5.60 Å². The molecule has 2 rings (SSSR count). The van der Waals surface area contributed by atoms with Crippen LogP contribution in [0.4, 0.5) is 4.39 Å². The molecular weight excluding hydrogens is 271 g/mol. The molecule has 0 amide bonds. The van der Waals surface area contributed by atoms with Gasteiger partial charge in [-0.2, -0.15) is 0 Å². The molecule has 1 aliphatic carbocycles. The molecule has 2 unspecified atom stereocenters. The summed E-state index contributed by atoms with van der Waals surface area (Å²) in [5.41, 5.74) is 0.201. The third-order valence-corrected chi connectivity index (χ3v) is 4.58. The summed E-state index contributed by atoms with van der Waals surface area (Å²) in [5, 5.41) is 10.5. The van der Waals surface area contributed by atoms with Crippen LogP contribution in [-0.4, -0.2) is 10.7 Å². The Balaban J connectivity index is 2.24. The Morgan fingerprint density at radius 1 is 1.56 bits per heavy atom. The SMILES string of the molecule is CC1CCCC1(O)Cc1cccc(F)c1Br. The minimum Gasteiger partial charge on any atom is -0.389 e. The summed E-state index contributed by atoms with van der Waals surface area (Å²) in [6.07, 6.45) is 3.47. The minimum atomic E-state index is -0.656. The van der Waals surface area contributed by atoms with E-state index in [1.807, 2.05) is 6.07 Å². The summed E-state index contributed by atoms with van der Waals surface area (Å²) >= 11 is 3.25. The lowest BCUT2D eigenvalue weighted by Crippen LogP contribution is -2.34. The highest BCUT2D eigenvalue weighted by Gasteiger charge is 2.38. The molecule has 0 heterocycles. The van der Waals surface area contributed by atoms with E-state index in [-0.39, 0.29) is 5.82 Å². The second kappa shape index (κ2) is 4.46. The van der Waals surface area contributed by atoms with Gasteiger partial charge >= 0.3 is 0 Å². The van der Waals surface area contributed by atoms with Gasteiger partial charge in [0.25, 0.3) is 0 Å². The van der Waals surface area contributed by atoms with Crippen molar-refractivity contribution in [3.63, 3.8) is 0 Å². The fourth-order valence-corrected chi connectivity index (χ4v) is 2.91. The van der Waals surface area contributed by atoms with E-state index in [2.05, 4.69) is 22.9 Å². The summed E-state index contributed by atoms with van der Waals surface area (Å²) < 4.78 is 13.8. The zero-order valence-electron chi connectivity index (χ0n) is 9.34. The maximum atomic E-state index is 13.3. The van der Waals surface area contributed by atoms with Crippen LogP contribution >= 0.6 is 15.9 Å². The number of hydrogen-bond donors (Lipinski definition) is 1. The van der Waals surface area contributed by atoms with Gasteiger partial charge in [0.15, 0.2) is 0 Å². The molecule has 1 aliphatic rings. The molecule has 1 fully saturated rings. The fourth-order valence-electron chi connectivity index (χ4n) is 2.51. The van der Waals surface area contributed by atoms with Crippen LogP contribution in [-0.2, 0) is 6.42 Å². The largest absolute Gasteiger partial charge is 0.389 e. The van der Waals surface area contributed by atoms with E-state index in [1.165, 1.54) is 6.07 Å². The summed E-state index contributed by atoms with van der Waals surface area (Å²) in [7, 11) is 0. The second-order valence-electron chi connectivity index (χ2n) is 4.79. The minimum absolute atomic E-state index is 0.258. The first-order valence-electron chi connectivity index (χ1n) is 5.68. The number of hydrogen-bond acceptors (Lipinski definition) is 1. The molecule has 0 saturated heterocycles. The Morgan fingerprint density at radius 2 is 2.31 bits per heavy atom. The average molecular weight is 287 g/mol. The van der Waals surface area contributed by atoms with Crippen molar-refractivity contribution in [3.05, 3.63) is 34.1 Å². The van der Waals surface area contributed by atoms with E-state index >= 15 is 0 Å². The van der Waals surface area contributed by atoms with Crippen molar-refractivity contribution in [2.45, 2.75) is 38.2 Å². The van der Waals surface area contributed by atoms with Gasteiger partial charge in [0.05, 0.1) is 10.1 Å². The highest BCUT2D eigenvalue weighted by Crippen LogP contribution is 2.39. The normalized spacial score (nSPS) is 29.6. The molecule has 0 spiro atoms. The average Bonchev–Trinajstić information content (AvgIpc) is 2.55. The summed E-state index contributed by atoms with van der Waals surface area (Å²) in [6.45, 7) is 2.07. The van der Waals surface area contributed by atoms with E-state index in [1.54, 1.807) is 6.07 Å². The molecule has 1 aromatic rings. The highest BCUT2D eigenvalue weighted by atomic mass is 79.9. The Morgan fingerprint density at radius 3 is 2.94 bits per heavy atom. The maximum Gasteiger partial charge on any atom is 0.137 e. The van der Waals surface area contributed by atoms with Gasteiger partial charge in [-0.3, -0.25) is 0 Å². The number of benzene rings is 1. The van der Waals surface area contributed by atoms with Gasteiger partial charge in [0, 0.05) is 6.42 Å². The lowest BCUT2D eigenvalue weighted by molar-refractivity contribution is 0.00939. The molecule has 1 nitrogen and oxygen atoms in total. The van der Waals surface area contributed by atoms with Crippen LogP contribution < -0.4 is 0 Å². The zero-order chi connectivity index (χ0) is 11.8. The third-order valence-electron chi connectivity index (χ3n) is 3.69. The van der Waals surface area contributed by atoms with Crippen LogP contribution in [0.5, 0.6) is 0 Å². The summed E-state index contributed by atoms with van der Waals surface area (Å²) in [5.74, 6) is 0.0365. The third kappa shape index (κ3) is 2.16. The first-order chi connectivity index (χ1) is 7.53. The molecule has 16 heavy (non-hydrogen) atoms. The van der Waals surface area contributed by atoms with Gasteiger partial charge in [0.1, 0.15) is 5.82 Å². The van der Waals surface area contributed by atoms with E-state index in [9.17, 15) is 9.50 Å². The summed E-state index contributed by atoms with van der Waals surface area (Å²) in [4.78, 5) is 0. The number of aliphatic hydroxyl groups is 1. The summed E-state index contributed by atoms with van der Waals surface area (Å²) in [6, 6.07) is 4.99. The van der Waals surface area contributed by atoms with Crippen molar-refractivity contribution in [1.29, 1.82) is 0 Å². The standard InChI is InChI=1S/C13H16BrFO/c1-9-4-3-7-13(9,16)8-10-5-2-6-11(15)12(10)14/h2,5-6,9,16H,3-4,7-8H2,1H3. The quantitative estimate of drug-likeness (QED) is 0.879. The molecule has 3 heteroatoms. The van der Waals surface area contributed by atoms with E-state index in [4.69, 9.17) is 0 Å². The van der Waals surface area contributed by atoms with Gasteiger partial charge in [-0.05, 0) is 46.3 Å². The fraction of sp³-hybridized carbons (Fsp3) is 0.538. The highest BCUT2D eigenvalue weighted by molar-refractivity contribution is 9.10. The Kier molecular flexibility index (Phi) is 3.36. The van der Waals surface area contributed by atoms with Crippen molar-refractivity contribution >= 4 is 15.9 Å². The van der Waals surface area contributed by atoms with E-state index in [0.717, 1.165) is 24.8 Å². The van der Waals surface area contributed by atoms with Gasteiger partial charge in [-0.15, -0.1) is 0 Å². The lowest BCUT2D eigenvalue weighted by atomic mass is 9.86. The number of rotatable bonds is 2. The molecule has 2 atom stereocenters. The monoisotopic (exact) mass is 286 g/mol. The van der Waals surface area contributed by atoms with Crippen molar-refractivity contribution in [2.75, 3.05) is 0 Å². The van der Waals surface area contributed by atoms with Crippen LogP contribution in [0.1, 0.15) is 31.7 Å². The lowest BCUT2D eigenvalue weighted by Gasteiger charge is -2.28. The Labute approximate surface area is 104 Å². The van der Waals surface area contributed by atoms with Crippen LogP contribution in [0.15, 0.2) is 22.7 Å². The molecule has 0 aromatic heterocycles. The van der Waals surface area contributed by atoms with Crippen molar-refractivity contribution in [2.24, 2.45) is 5.92 Å². The van der Waals surface area contributed by atoms with Gasteiger partial charge in [-0.25, -0.2) is 4.39 Å². The van der Waals surface area contributed by atoms with Crippen LogP contribution in [0.3, 0.4) is 0 Å². The number of halogens is 2. The Hall–Kier alpha value is -0.410. The van der Waals surface area contributed by atoms with Gasteiger partial charge < -0.3 is 5.11 Å². The predicted octanol–water partition coefficient (Wildman–Crippen LogP) is 3.68. The first-order valence-corrected chi connectivity index (χ1v) is 6.47. The van der Waals surface area contributed by atoms with Crippen molar-refractivity contribution in [1.82, 2.24) is 0 Å².